The minimum atomic E-state index is -1.35. The topological polar surface area (TPSA) is 171 Å². The van der Waals surface area contributed by atoms with Crippen molar-refractivity contribution in [2.75, 3.05) is 30.3 Å². The number of azide groups is 1. The van der Waals surface area contributed by atoms with Crippen LogP contribution in [0.3, 0.4) is 0 Å². The molecule has 4 heterocycles. The zero-order chi connectivity index (χ0) is 18.5. The third-order valence-corrected chi connectivity index (χ3v) is 5.02. The second-order valence-corrected chi connectivity index (χ2v) is 6.64. The molecule has 0 aliphatic carbocycles. The number of nitrogen functional groups attached to an aromatic ring is 1. The zero-order valence-electron chi connectivity index (χ0n) is 14.1. The summed E-state index contributed by atoms with van der Waals surface area (Å²) in [5, 5.41) is 23.7. The lowest BCUT2D eigenvalue weighted by molar-refractivity contribution is -0.0455. The van der Waals surface area contributed by atoms with Gasteiger partial charge in [0.15, 0.2) is 23.2 Å². The summed E-state index contributed by atoms with van der Waals surface area (Å²) in [7, 11) is 0. The first kappa shape index (κ1) is 16.8. The highest BCUT2D eigenvalue weighted by atomic mass is 16.5. The third-order valence-electron chi connectivity index (χ3n) is 5.02. The molecule has 2 fully saturated rings. The van der Waals surface area contributed by atoms with E-state index >= 15 is 0 Å². The fourth-order valence-electron chi connectivity index (χ4n) is 3.43. The van der Waals surface area contributed by atoms with Crippen LogP contribution in [0.15, 0.2) is 11.4 Å². The van der Waals surface area contributed by atoms with Crippen LogP contribution >= 0.6 is 0 Å². The summed E-state index contributed by atoms with van der Waals surface area (Å²) in [4.78, 5) is 17.8. The Balaban J connectivity index is 1.86. The molecular weight excluding hydrogens is 342 g/mol. The number of aliphatic hydroxyl groups excluding tert-OH is 2. The van der Waals surface area contributed by atoms with Crippen molar-refractivity contribution < 1.29 is 14.9 Å². The molecular formula is C14H19N9O3. The van der Waals surface area contributed by atoms with E-state index < -0.39 is 30.6 Å². The molecule has 12 heteroatoms. The van der Waals surface area contributed by atoms with E-state index in [1.54, 1.807) is 11.5 Å². The number of imidazole rings is 1. The van der Waals surface area contributed by atoms with Gasteiger partial charge in [-0.05, 0) is 18.9 Å². The van der Waals surface area contributed by atoms with Gasteiger partial charge in [0.1, 0.15) is 11.6 Å². The summed E-state index contributed by atoms with van der Waals surface area (Å²) in [6, 6.07) is 0. The molecule has 0 bridgehead atoms. The van der Waals surface area contributed by atoms with Crippen LogP contribution in [-0.4, -0.2) is 67.2 Å². The van der Waals surface area contributed by atoms with E-state index in [2.05, 4.69) is 25.0 Å². The Morgan fingerprint density at radius 1 is 1.50 bits per heavy atom. The summed E-state index contributed by atoms with van der Waals surface area (Å²) in [6.45, 7) is 2.86. The zero-order valence-corrected chi connectivity index (χ0v) is 14.1. The van der Waals surface area contributed by atoms with Gasteiger partial charge in [-0.15, -0.1) is 0 Å². The Morgan fingerprint density at radius 2 is 2.27 bits per heavy atom. The predicted octanol–water partition coefficient (Wildman–Crippen LogP) is -0.0618. The van der Waals surface area contributed by atoms with E-state index in [-0.39, 0.29) is 5.95 Å². The molecule has 2 aromatic heterocycles. The minimum absolute atomic E-state index is 0.0869. The molecule has 4 rings (SSSR count). The highest BCUT2D eigenvalue weighted by molar-refractivity contribution is 5.85. The van der Waals surface area contributed by atoms with Gasteiger partial charge in [-0.25, -0.2) is 4.98 Å². The van der Waals surface area contributed by atoms with Crippen LogP contribution in [0.2, 0.25) is 0 Å². The molecule has 12 nitrogen and oxygen atoms in total. The number of hydrogen-bond acceptors (Lipinski definition) is 9. The van der Waals surface area contributed by atoms with E-state index in [1.807, 2.05) is 4.90 Å². The van der Waals surface area contributed by atoms with Crippen molar-refractivity contribution in [1.82, 2.24) is 19.5 Å². The molecule has 26 heavy (non-hydrogen) atoms. The van der Waals surface area contributed by atoms with Gasteiger partial charge in [-0.3, -0.25) is 4.57 Å². The fourth-order valence-corrected chi connectivity index (χ4v) is 3.43. The first-order chi connectivity index (χ1) is 12.5. The standard InChI is InChI=1S/C14H19N9O3/c1-14(20-21-16)9(25)7(5-24)26-12(14)23-6-17-8-10(22-3-2-4-22)18-13(15)19-11(8)23/h6-7,9,12,24-25H,2-5H2,1H3,(H2,15,18,19)/t7-,9-,12-,14-/m1/s1. The van der Waals surface area contributed by atoms with Gasteiger partial charge < -0.3 is 25.6 Å². The lowest BCUT2D eigenvalue weighted by atomic mass is 9.93. The highest BCUT2D eigenvalue weighted by Crippen LogP contribution is 2.43. The van der Waals surface area contributed by atoms with Gasteiger partial charge >= 0.3 is 0 Å². The molecule has 0 amide bonds. The number of fused-ring (bicyclic) bond motifs is 1. The van der Waals surface area contributed by atoms with Gasteiger partial charge in [0, 0.05) is 18.0 Å². The second kappa shape index (κ2) is 5.95. The third kappa shape index (κ3) is 2.27. The smallest absolute Gasteiger partial charge is 0.224 e. The number of nitrogens with zero attached hydrogens (tertiary/aromatic N) is 8. The Morgan fingerprint density at radius 3 is 2.88 bits per heavy atom. The number of aromatic nitrogens is 4. The molecule has 4 atom stereocenters. The monoisotopic (exact) mass is 361 g/mol. The number of anilines is 2. The van der Waals surface area contributed by atoms with Crippen LogP contribution in [0, 0.1) is 0 Å². The van der Waals surface area contributed by atoms with Crippen molar-refractivity contribution in [3.63, 3.8) is 0 Å². The van der Waals surface area contributed by atoms with Gasteiger partial charge in [0.2, 0.25) is 5.95 Å². The van der Waals surface area contributed by atoms with Gasteiger partial charge in [0.25, 0.3) is 0 Å². The van der Waals surface area contributed by atoms with Gasteiger partial charge in [0.05, 0.1) is 19.0 Å². The van der Waals surface area contributed by atoms with Crippen LogP contribution < -0.4 is 10.6 Å². The quantitative estimate of drug-likeness (QED) is 0.386. The number of nitrogens with two attached hydrogens (primary N) is 1. The maximum Gasteiger partial charge on any atom is 0.224 e. The normalized spacial score (nSPS) is 31.0. The van der Waals surface area contributed by atoms with Crippen molar-refractivity contribution in [2.45, 2.75) is 37.3 Å². The second-order valence-electron chi connectivity index (χ2n) is 6.64. The Labute approximate surface area is 147 Å². The molecule has 2 aromatic rings. The van der Waals surface area contributed by atoms with Crippen molar-refractivity contribution in [3.05, 3.63) is 16.8 Å². The summed E-state index contributed by atoms with van der Waals surface area (Å²) < 4.78 is 7.33. The number of rotatable bonds is 4. The Kier molecular flexibility index (Phi) is 3.84. The summed E-state index contributed by atoms with van der Waals surface area (Å²) in [6.07, 6.45) is -0.447. The van der Waals surface area contributed by atoms with Crippen molar-refractivity contribution in [3.8, 4) is 0 Å². The molecule has 2 aliphatic rings. The van der Waals surface area contributed by atoms with Crippen LogP contribution in [-0.2, 0) is 4.74 Å². The van der Waals surface area contributed by atoms with Crippen molar-refractivity contribution in [2.24, 2.45) is 5.11 Å². The summed E-state index contributed by atoms with van der Waals surface area (Å²) in [5.41, 5.74) is 14.4. The molecule has 0 unspecified atom stereocenters. The number of ether oxygens (including phenoxy) is 1. The van der Waals surface area contributed by atoms with Crippen molar-refractivity contribution >= 4 is 22.9 Å². The Bertz CT molecular complexity index is 891. The van der Waals surface area contributed by atoms with Gasteiger partial charge in [-0.2, -0.15) is 9.97 Å². The van der Waals surface area contributed by atoms with E-state index in [1.165, 1.54) is 6.33 Å². The maximum absolute atomic E-state index is 10.5. The molecule has 4 N–H and O–H groups in total. The molecule has 2 saturated heterocycles. The van der Waals surface area contributed by atoms with Crippen molar-refractivity contribution in [1.29, 1.82) is 0 Å². The predicted molar refractivity (Wildman–Crippen MR) is 91.1 cm³/mol. The minimum Gasteiger partial charge on any atom is -0.394 e. The van der Waals surface area contributed by atoms with Gasteiger partial charge in [-0.1, -0.05) is 5.11 Å². The fraction of sp³-hybridized carbons (Fsp3) is 0.643. The SMILES string of the molecule is C[C@@]1(N=[N+]=[N-])[C@H](O)[C@@H](CO)O[C@H]1n1cnc2c(N3CCC3)nc(N)nc21. The summed E-state index contributed by atoms with van der Waals surface area (Å²) >= 11 is 0. The van der Waals surface area contributed by atoms with Crippen LogP contribution in [0.4, 0.5) is 11.8 Å². The van der Waals surface area contributed by atoms with E-state index in [0.717, 1.165) is 19.5 Å². The molecule has 0 spiro atoms. The number of aliphatic hydroxyl groups is 2. The highest BCUT2D eigenvalue weighted by Gasteiger charge is 2.54. The Hall–Kier alpha value is -2.66. The van der Waals surface area contributed by atoms with E-state index in [0.29, 0.717) is 17.0 Å². The first-order valence-electron chi connectivity index (χ1n) is 8.25. The van der Waals surface area contributed by atoms with E-state index in [9.17, 15) is 10.2 Å². The first-order valence-corrected chi connectivity index (χ1v) is 8.25. The molecule has 0 saturated carbocycles. The maximum atomic E-state index is 10.5. The molecule has 0 radical (unpaired) electrons. The molecule has 2 aliphatic heterocycles. The largest absolute Gasteiger partial charge is 0.394 e. The lowest BCUT2D eigenvalue weighted by Crippen LogP contribution is -2.42. The van der Waals surface area contributed by atoms with Crippen LogP contribution in [0.5, 0.6) is 0 Å². The van der Waals surface area contributed by atoms with E-state index in [4.69, 9.17) is 16.0 Å². The van der Waals surface area contributed by atoms with Crippen LogP contribution in [0.25, 0.3) is 21.6 Å². The molecule has 0 aromatic carbocycles. The lowest BCUT2D eigenvalue weighted by Gasteiger charge is -2.32. The average Bonchev–Trinajstić information content (AvgIpc) is 3.06. The van der Waals surface area contributed by atoms with Crippen LogP contribution in [0.1, 0.15) is 19.6 Å². The summed E-state index contributed by atoms with van der Waals surface area (Å²) in [5.74, 6) is 0.726. The molecule has 138 valence electrons. The average molecular weight is 361 g/mol. The number of hydrogen-bond donors (Lipinski definition) is 3.